The van der Waals surface area contributed by atoms with Crippen LogP contribution in [0.2, 0.25) is 0 Å². The first kappa shape index (κ1) is 15.1. The zero-order chi connectivity index (χ0) is 15.6. The molecule has 0 saturated heterocycles. The number of benzene rings is 2. The number of carbonyl (C=O) groups is 1. The van der Waals surface area contributed by atoms with Gasteiger partial charge < -0.3 is 4.74 Å². The van der Waals surface area contributed by atoms with Crippen LogP contribution in [-0.4, -0.2) is 23.5 Å². The molecule has 4 heteroatoms. The number of quaternary nitrogens is 1. The van der Waals surface area contributed by atoms with E-state index in [0.717, 1.165) is 24.3 Å². The van der Waals surface area contributed by atoms with E-state index in [2.05, 4.69) is 12.1 Å². The zero-order valence-electron chi connectivity index (χ0n) is 12.6. The van der Waals surface area contributed by atoms with Crippen molar-refractivity contribution in [2.75, 3.05) is 13.7 Å². The SMILES string of the molecule is COc1ccc(C[N+]2(C(=O)Cl)CCc3ccccc3C2)cc1. The molecule has 1 heterocycles. The van der Waals surface area contributed by atoms with Gasteiger partial charge in [0.2, 0.25) is 0 Å². The first-order valence-electron chi connectivity index (χ1n) is 7.39. The summed E-state index contributed by atoms with van der Waals surface area (Å²) in [5.41, 5.74) is 3.63. The maximum absolute atomic E-state index is 12.2. The van der Waals surface area contributed by atoms with Crippen molar-refractivity contribution in [3.8, 4) is 5.75 Å². The Bertz CT molecular complexity index is 684. The number of nitrogens with zero attached hydrogens (tertiary/aromatic N) is 1. The van der Waals surface area contributed by atoms with E-state index in [1.54, 1.807) is 7.11 Å². The van der Waals surface area contributed by atoms with E-state index >= 15 is 0 Å². The molecule has 0 N–H and O–H groups in total. The van der Waals surface area contributed by atoms with Gasteiger partial charge in [-0.25, -0.2) is 9.28 Å². The minimum Gasteiger partial charge on any atom is -0.497 e. The lowest BCUT2D eigenvalue weighted by Gasteiger charge is -2.37. The van der Waals surface area contributed by atoms with Gasteiger partial charge in [0, 0.05) is 29.1 Å². The number of hydrogen-bond acceptors (Lipinski definition) is 2. The standard InChI is InChI=1S/C18H19ClNO2/c1-22-17-8-6-14(7-9-17)12-20(18(19)21)11-10-15-4-2-3-5-16(15)13-20/h2-9H,10-13H2,1H3/q+1. The summed E-state index contributed by atoms with van der Waals surface area (Å²) in [5.74, 6) is 0.816. The Balaban J connectivity index is 1.88. The maximum atomic E-state index is 12.2. The fourth-order valence-electron chi connectivity index (χ4n) is 3.12. The van der Waals surface area contributed by atoms with E-state index in [9.17, 15) is 4.79 Å². The van der Waals surface area contributed by atoms with Crippen molar-refractivity contribution in [3.05, 3.63) is 65.2 Å². The van der Waals surface area contributed by atoms with Gasteiger partial charge in [0.25, 0.3) is 0 Å². The predicted octanol–water partition coefficient (Wildman–Crippen LogP) is 4.13. The van der Waals surface area contributed by atoms with Crippen LogP contribution in [0.5, 0.6) is 5.75 Å². The molecule has 1 aliphatic rings. The molecule has 0 fully saturated rings. The van der Waals surface area contributed by atoms with Crippen LogP contribution in [0.15, 0.2) is 48.5 Å². The molecule has 0 spiro atoms. The molecule has 1 aliphatic heterocycles. The van der Waals surface area contributed by atoms with Gasteiger partial charge in [0.05, 0.1) is 13.7 Å². The highest BCUT2D eigenvalue weighted by Gasteiger charge is 2.39. The number of methoxy groups -OCH3 is 1. The maximum Gasteiger partial charge on any atom is 0.412 e. The quantitative estimate of drug-likeness (QED) is 0.483. The summed E-state index contributed by atoms with van der Waals surface area (Å²) >= 11 is 6.00. The number of amides is 1. The number of hydrogen-bond donors (Lipinski definition) is 0. The normalized spacial score (nSPS) is 20.3. The molecular weight excluding hydrogens is 298 g/mol. The van der Waals surface area contributed by atoms with Crippen molar-refractivity contribution in [2.45, 2.75) is 19.5 Å². The van der Waals surface area contributed by atoms with Crippen LogP contribution in [0.1, 0.15) is 16.7 Å². The summed E-state index contributed by atoms with van der Waals surface area (Å²) < 4.78 is 5.45. The van der Waals surface area contributed by atoms with Crippen LogP contribution >= 0.6 is 11.6 Å². The topological polar surface area (TPSA) is 26.3 Å². The van der Waals surface area contributed by atoms with Crippen LogP contribution in [0.3, 0.4) is 0 Å². The Morgan fingerprint density at radius 1 is 1.14 bits per heavy atom. The van der Waals surface area contributed by atoms with Gasteiger partial charge in [-0.15, -0.1) is 0 Å². The molecule has 0 radical (unpaired) electrons. The fourth-order valence-corrected chi connectivity index (χ4v) is 3.33. The summed E-state index contributed by atoms with van der Waals surface area (Å²) in [7, 11) is 1.65. The van der Waals surface area contributed by atoms with Crippen molar-refractivity contribution in [2.24, 2.45) is 0 Å². The van der Waals surface area contributed by atoms with Gasteiger partial charge in [-0.3, -0.25) is 0 Å². The second-order valence-electron chi connectivity index (χ2n) is 5.80. The molecule has 0 aromatic heterocycles. The predicted molar refractivity (Wildman–Crippen MR) is 86.9 cm³/mol. The number of carbonyl (C=O) groups excluding carboxylic acids is 1. The minimum atomic E-state index is -0.287. The van der Waals surface area contributed by atoms with Gasteiger partial charge in [-0.05, 0) is 29.8 Å². The lowest BCUT2D eigenvalue weighted by molar-refractivity contribution is -0.873. The molecule has 2 aromatic carbocycles. The van der Waals surface area contributed by atoms with Crippen LogP contribution in [-0.2, 0) is 19.5 Å². The van der Waals surface area contributed by atoms with E-state index in [1.807, 2.05) is 36.4 Å². The molecule has 0 bridgehead atoms. The summed E-state index contributed by atoms with van der Waals surface area (Å²) in [5, 5.41) is -0.287. The van der Waals surface area contributed by atoms with E-state index in [4.69, 9.17) is 16.3 Å². The second-order valence-corrected chi connectivity index (χ2v) is 6.13. The molecule has 1 unspecified atom stereocenters. The third-order valence-corrected chi connectivity index (χ3v) is 4.78. The highest BCUT2D eigenvalue weighted by molar-refractivity contribution is 6.60. The van der Waals surface area contributed by atoms with Crippen LogP contribution in [0.4, 0.5) is 4.79 Å². The molecule has 1 amide bonds. The summed E-state index contributed by atoms with van der Waals surface area (Å²) in [6.07, 6.45) is 0.880. The van der Waals surface area contributed by atoms with E-state index in [0.29, 0.717) is 13.1 Å². The monoisotopic (exact) mass is 316 g/mol. The third-order valence-electron chi connectivity index (χ3n) is 4.42. The minimum absolute atomic E-state index is 0.269. The van der Waals surface area contributed by atoms with Crippen molar-refractivity contribution in [3.63, 3.8) is 0 Å². The van der Waals surface area contributed by atoms with Gasteiger partial charge in [-0.1, -0.05) is 24.3 Å². The Kier molecular flexibility index (Phi) is 4.19. The average Bonchev–Trinajstić information content (AvgIpc) is 2.55. The van der Waals surface area contributed by atoms with E-state index in [1.165, 1.54) is 11.1 Å². The van der Waals surface area contributed by atoms with E-state index < -0.39 is 0 Å². The van der Waals surface area contributed by atoms with Crippen LogP contribution < -0.4 is 4.74 Å². The molecule has 3 nitrogen and oxygen atoms in total. The second kappa shape index (κ2) is 6.11. The van der Waals surface area contributed by atoms with Crippen molar-refractivity contribution in [1.82, 2.24) is 0 Å². The molecule has 114 valence electrons. The Morgan fingerprint density at radius 3 is 2.45 bits per heavy atom. The van der Waals surface area contributed by atoms with Gasteiger partial charge >= 0.3 is 5.37 Å². The smallest absolute Gasteiger partial charge is 0.412 e. The molecule has 0 aliphatic carbocycles. The summed E-state index contributed by atoms with van der Waals surface area (Å²) in [6.45, 7) is 2.01. The lowest BCUT2D eigenvalue weighted by atomic mass is 9.97. The highest BCUT2D eigenvalue weighted by Crippen LogP contribution is 2.30. The van der Waals surface area contributed by atoms with Gasteiger partial charge in [0.15, 0.2) is 0 Å². The molecule has 22 heavy (non-hydrogen) atoms. The molecular formula is C18H19ClNO2+. The molecule has 1 atom stereocenters. The Morgan fingerprint density at radius 2 is 1.82 bits per heavy atom. The average molecular weight is 317 g/mol. The Hall–Kier alpha value is -1.84. The molecule has 0 saturated carbocycles. The van der Waals surface area contributed by atoms with Crippen molar-refractivity contribution in [1.29, 1.82) is 0 Å². The summed E-state index contributed by atoms with van der Waals surface area (Å²) in [6, 6.07) is 16.1. The van der Waals surface area contributed by atoms with Crippen molar-refractivity contribution >= 4 is 17.0 Å². The third kappa shape index (κ3) is 2.87. The van der Waals surface area contributed by atoms with Crippen LogP contribution in [0, 0.1) is 0 Å². The van der Waals surface area contributed by atoms with Gasteiger partial charge in [-0.2, -0.15) is 0 Å². The van der Waals surface area contributed by atoms with Crippen molar-refractivity contribution < 1.29 is 14.0 Å². The number of halogens is 1. The van der Waals surface area contributed by atoms with Gasteiger partial charge in [0.1, 0.15) is 18.8 Å². The number of ether oxygens (including phenoxy) is 1. The first-order valence-corrected chi connectivity index (χ1v) is 7.77. The zero-order valence-corrected chi connectivity index (χ0v) is 13.3. The largest absolute Gasteiger partial charge is 0.497 e. The molecule has 3 rings (SSSR count). The lowest BCUT2D eigenvalue weighted by Crippen LogP contribution is -2.52. The summed E-state index contributed by atoms with van der Waals surface area (Å²) in [4.78, 5) is 12.2. The number of fused-ring (bicyclic) bond motifs is 1. The van der Waals surface area contributed by atoms with Crippen LogP contribution in [0.25, 0.3) is 0 Å². The molecule has 2 aromatic rings. The number of rotatable bonds is 3. The Labute approximate surface area is 135 Å². The fraction of sp³-hybridized carbons (Fsp3) is 0.278. The van der Waals surface area contributed by atoms with E-state index in [-0.39, 0.29) is 9.85 Å². The first-order chi connectivity index (χ1) is 10.6. The highest BCUT2D eigenvalue weighted by atomic mass is 35.5.